The molecule has 0 radical (unpaired) electrons. The zero-order chi connectivity index (χ0) is 19.0. The van der Waals surface area contributed by atoms with Gasteiger partial charge < -0.3 is 9.80 Å². The fourth-order valence-corrected chi connectivity index (χ4v) is 5.07. The average molecular weight is 390 g/mol. The van der Waals surface area contributed by atoms with Crippen LogP contribution < -0.4 is 10.2 Å². The number of nitrogens with one attached hydrogen (secondary N) is 1. The Kier molecular flexibility index (Phi) is 5.17. The summed E-state index contributed by atoms with van der Waals surface area (Å²) in [5.74, 6) is -0.752. The predicted molar refractivity (Wildman–Crippen MR) is 107 cm³/mol. The van der Waals surface area contributed by atoms with Gasteiger partial charge in [0.1, 0.15) is 0 Å². The van der Waals surface area contributed by atoms with Gasteiger partial charge in [-0.3, -0.25) is 14.9 Å². The number of carbonyl (C=O) groups excluding carboxylic acids is 2. The molecule has 3 heterocycles. The van der Waals surface area contributed by atoms with Crippen molar-refractivity contribution in [1.29, 1.82) is 0 Å². The van der Waals surface area contributed by atoms with Crippen LogP contribution in [0.5, 0.6) is 0 Å². The van der Waals surface area contributed by atoms with E-state index >= 15 is 0 Å². The van der Waals surface area contributed by atoms with Crippen molar-refractivity contribution in [2.24, 2.45) is 5.41 Å². The summed E-state index contributed by atoms with van der Waals surface area (Å²) in [6.45, 7) is 4.53. The summed E-state index contributed by atoms with van der Waals surface area (Å²) in [5, 5.41) is 3.05. The first-order valence-electron chi connectivity index (χ1n) is 10.0. The first-order valence-corrected chi connectivity index (χ1v) is 10.4. The SMILES string of the molecule is CN1CCC2(CC1)CCN(c1ccc(Cl)c(C3CCC(=O)NC3=O)c1)CC2. The predicted octanol–water partition coefficient (Wildman–Crippen LogP) is 3.17. The van der Waals surface area contributed by atoms with Gasteiger partial charge in [0.2, 0.25) is 11.8 Å². The molecule has 3 saturated heterocycles. The normalized spacial score (nSPS) is 26.3. The van der Waals surface area contributed by atoms with E-state index in [9.17, 15) is 9.59 Å². The first kappa shape index (κ1) is 18.8. The number of halogens is 1. The van der Waals surface area contributed by atoms with E-state index in [4.69, 9.17) is 11.6 Å². The summed E-state index contributed by atoms with van der Waals surface area (Å²) in [5.41, 5.74) is 2.50. The molecule has 1 aromatic rings. The van der Waals surface area contributed by atoms with Crippen LogP contribution in [0.25, 0.3) is 0 Å². The molecule has 3 aliphatic rings. The number of amides is 2. The van der Waals surface area contributed by atoms with Crippen molar-refractivity contribution in [2.45, 2.75) is 44.4 Å². The summed E-state index contributed by atoms with van der Waals surface area (Å²) >= 11 is 6.41. The van der Waals surface area contributed by atoms with E-state index in [1.807, 2.05) is 6.07 Å². The van der Waals surface area contributed by atoms with Gasteiger partial charge in [0.05, 0.1) is 5.92 Å². The van der Waals surface area contributed by atoms with E-state index in [0.29, 0.717) is 23.3 Å². The second kappa shape index (κ2) is 7.44. The number of nitrogens with zero attached hydrogens (tertiary/aromatic N) is 2. The van der Waals surface area contributed by atoms with Gasteiger partial charge in [-0.1, -0.05) is 11.6 Å². The zero-order valence-electron chi connectivity index (χ0n) is 16.0. The molecule has 1 N–H and O–H groups in total. The fourth-order valence-electron chi connectivity index (χ4n) is 4.82. The van der Waals surface area contributed by atoms with Crippen LogP contribution in [0.2, 0.25) is 5.02 Å². The van der Waals surface area contributed by atoms with E-state index < -0.39 is 0 Å². The van der Waals surface area contributed by atoms with Gasteiger partial charge in [0.15, 0.2) is 0 Å². The number of anilines is 1. The monoisotopic (exact) mass is 389 g/mol. The lowest BCUT2D eigenvalue weighted by molar-refractivity contribution is -0.134. The Balaban J connectivity index is 1.47. The third-order valence-electron chi connectivity index (χ3n) is 6.83. The van der Waals surface area contributed by atoms with E-state index in [0.717, 1.165) is 24.3 Å². The van der Waals surface area contributed by atoms with Crippen LogP contribution in [0.3, 0.4) is 0 Å². The maximum Gasteiger partial charge on any atom is 0.234 e. The summed E-state index contributed by atoms with van der Waals surface area (Å²) in [7, 11) is 2.21. The number of likely N-dealkylation sites (tertiary alicyclic amines) is 1. The highest BCUT2D eigenvalue weighted by atomic mass is 35.5. The van der Waals surface area contributed by atoms with Crippen molar-refractivity contribution in [3.8, 4) is 0 Å². The lowest BCUT2D eigenvalue weighted by atomic mass is 9.71. The average Bonchev–Trinajstić information content (AvgIpc) is 2.66. The highest BCUT2D eigenvalue weighted by Crippen LogP contribution is 2.42. The Labute approximate surface area is 166 Å². The minimum absolute atomic E-state index is 0.192. The molecule has 2 amide bonds. The molecule has 0 aromatic heterocycles. The van der Waals surface area contributed by atoms with Gasteiger partial charge in [-0.05, 0) is 81.4 Å². The fraction of sp³-hybridized carbons (Fsp3) is 0.619. The largest absolute Gasteiger partial charge is 0.371 e. The smallest absolute Gasteiger partial charge is 0.234 e. The molecule has 4 rings (SSSR count). The molecule has 0 bridgehead atoms. The van der Waals surface area contributed by atoms with Crippen LogP contribution in [-0.2, 0) is 9.59 Å². The molecule has 3 fully saturated rings. The molecule has 27 heavy (non-hydrogen) atoms. The number of piperidine rings is 3. The number of carbonyl (C=O) groups is 2. The highest BCUT2D eigenvalue weighted by molar-refractivity contribution is 6.31. The summed E-state index contributed by atoms with van der Waals surface area (Å²) in [4.78, 5) is 28.6. The molecule has 0 aliphatic carbocycles. The summed E-state index contributed by atoms with van der Waals surface area (Å²) in [6, 6.07) is 6.02. The van der Waals surface area contributed by atoms with E-state index in [1.54, 1.807) is 0 Å². The third-order valence-corrected chi connectivity index (χ3v) is 7.18. The van der Waals surface area contributed by atoms with Gasteiger partial charge in [-0.2, -0.15) is 0 Å². The Hall–Kier alpha value is -1.59. The lowest BCUT2D eigenvalue weighted by Crippen LogP contribution is -2.46. The molecule has 0 saturated carbocycles. The number of hydrogen-bond acceptors (Lipinski definition) is 4. The van der Waals surface area contributed by atoms with Crippen LogP contribution in [0.4, 0.5) is 5.69 Å². The maximum atomic E-state index is 12.3. The quantitative estimate of drug-likeness (QED) is 0.789. The minimum atomic E-state index is -0.333. The Bertz CT molecular complexity index is 733. The maximum absolute atomic E-state index is 12.3. The molecule has 1 spiro atoms. The molecule has 1 atom stereocenters. The molecule has 3 aliphatic heterocycles. The van der Waals surface area contributed by atoms with Crippen molar-refractivity contribution < 1.29 is 9.59 Å². The second-order valence-electron chi connectivity index (χ2n) is 8.50. The third kappa shape index (κ3) is 3.85. The highest BCUT2D eigenvalue weighted by Gasteiger charge is 2.37. The molecule has 6 heteroatoms. The second-order valence-corrected chi connectivity index (χ2v) is 8.91. The molecule has 5 nitrogen and oxygen atoms in total. The zero-order valence-corrected chi connectivity index (χ0v) is 16.7. The topological polar surface area (TPSA) is 52.6 Å². The van der Waals surface area contributed by atoms with Crippen LogP contribution in [-0.4, -0.2) is 49.9 Å². The Morgan fingerprint density at radius 3 is 2.41 bits per heavy atom. The summed E-state index contributed by atoms with van der Waals surface area (Å²) in [6.07, 6.45) is 5.98. The number of hydrogen-bond donors (Lipinski definition) is 1. The Morgan fingerprint density at radius 1 is 1.07 bits per heavy atom. The Morgan fingerprint density at radius 2 is 1.74 bits per heavy atom. The van der Waals surface area contributed by atoms with Gasteiger partial charge >= 0.3 is 0 Å². The van der Waals surface area contributed by atoms with Crippen LogP contribution >= 0.6 is 11.6 Å². The van der Waals surface area contributed by atoms with Gasteiger partial charge in [0, 0.05) is 30.2 Å². The first-order chi connectivity index (χ1) is 13.0. The molecule has 1 aromatic carbocycles. The molecule has 146 valence electrons. The number of rotatable bonds is 2. The minimum Gasteiger partial charge on any atom is -0.371 e. The van der Waals surface area contributed by atoms with Crippen molar-refractivity contribution in [2.75, 3.05) is 38.1 Å². The van der Waals surface area contributed by atoms with Crippen molar-refractivity contribution in [3.63, 3.8) is 0 Å². The molecule has 1 unspecified atom stereocenters. The molecular formula is C21H28ClN3O2. The lowest BCUT2D eigenvalue weighted by Gasteiger charge is -2.47. The van der Waals surface area contributed by atoms with E-state index in [1.165, 1.54) is 38.8 Å². The summed E-state index contributed by atoms with van der Waals surface area (Å²) < 4.78 is 0. The van der Waals surface area contributed by atoms with Crippen LogP contribution in [0.1, 0.15) is 50.0 Å². The molecular weight excluding hydrogens is 362 g/mol. The van der Waals surface area contributed by atoms with Gasteiger partial charge in [-0.25, -0.2) is 0 Å². The van der Waals surface area contributed by atoms with Gasteiger partial charge in [0.25, 0.3) is 0 Å². The van der Waals surface area contributed by atoms with Crippen molar-refractivity contribution in [1.82, 2.24) is 10.2 Å². The van der Waals surface area contributed by atoms with E-state index in [2.05, 4.69) is 34.3 Å². The van der Waals surface area contributed by atoms with E-state index in [-0.39, 0.29) is 17.7 Å². The van der Waals surface area contributed by atoms with Crippen molar-refractivity contribution >= 4 is 29.1 Å². The van der Waals surface area contributed by atoms with Crippen molar-refractivity contribution in [3.05, 3.63) is 28.8 Å². The standard InChI is InChI=1S/C21H28ClN3O2/c1-24-10-6-21(7-11-24)8-12-25(13-9-21)15-2-4-18(22)17(14-15)16-3-5-19(26)23-20(16)27/h2,4,14,16H,3,5-13H2,1H3,(H,23,26,27). The van der Waals surface area contributed by atoms with Gasteiger partial charge in [-0.15, -0.1) is 0 Å². The van der Waals surface area contributed by atoms with Crippen LogP contribution in [0.15, 0.2) is 18.2 Å². The number of benzene rings is 1. The van der Waals surface area contributed by atoms with Crippen LogP contribution in [0, 0.1) is 5.41 Å². The number of imide groups is 1.